The maximum Gasteiger partial charge on any atom is 0.341 e. The van der Waals surface area contributed by atoms with Gasteiger partial charge in [0, 0.05) is 44.7 Å². The Morgan fingerprint density at radius 1 is 1.05 bits per heavy atom. The number of piperazine rings is 1. The van der Waals surface area contributed by atoms with Crippen LogP contribution in [0, 0.1) is 5.82 Å². The maximum absolute atomic E-state index is 15.0. The van der Waals surface area contributed by atoms with E-state index < -0.39 is 54.2 Å². The number of halogens is 1. The number of anilines is 1. The molecule has 4 atom stereocenters. The van der Waals surface area contributed by atoms with Crippen LogP contribution in [0.15, 0.2) is 22.0 Å². The monoisotopic (exact) mass is 559 g/mol. The lowest BCUT2D eigenvalue weighted by Crippen LogP contribution is -2.48. The minimum atomic E-state index is -2.20. The molecule has 2 aromatic rings. The van der Waals surface area contributed by atoms with E-state index in [0.29, 0.717) is 23.5 Å². The van der Waals surface area contributed by atoms with Crippen LogP contribution in [0.3, 0.4) is 0 Å². The summed E-state index contributed by atoms with van der Waals surface area (Å²) in [5, 5.41) is 61.2. The first-order valence-corrected chi connectivity index (χ1v) is 12.6. The highest BCUT2D eigenvalue weighted by atomic mass is 32.2. The van der Waals surface area contributed by atoms with Gasteiger partial charge in [-0.2, -0.15) is 0 Å². The number of carboxylic acids is 2. The molecule has 0 unspecified atom stereocenters. The van der Waals surface area contributed by atoms with Crippen LogP contribution in [0.25, 0.3) is 10.9 Å². The fraction of sp³-hybridized carbons (Fsp3) is 0.522. The summed E-state index contributed by atoms with van der Waals surface area (Å²) in [5.74, 6) is -2.74. The number of aryl methyl sites for hydroxylation is 1. The normalized spacial score (nSPS) is 18.8. The molecule has 38 heavy (non-hydrogen) atoms. The quantitative estimate of drug-likeness (QED) is 0.200. The first kappa shape index (κ1) is 29.8. The third-order valence-corrected chi connectivity index (χ3v) is 7.44. The summed E-state index contributed by atoms with van der Waals surface area (Å²) in [6.07, 6.45) is -6.45. The molecule has 3 heterocycles. The molecule has 1 aromatic heterocycles. The highest BCUT2D eigenvalue weighted by Gasteiger charge is 2.34. The first-order valence-electron chi connectivity index (χ1n) is 11.6. The standard InChI is InChI=1S/C17H18FN3O3S.C6H12O7/c1-19-2-4-20(5-3-19)14-12(18)8-10-13-16(14)25-7-6-21(13)9-11(15(10)22)17(23)24;7-1-2(8)3(9)4(10)5(11)6(12)13/h8-9H,2-7H2,1H3,(H,23,24);2-5,7-11H,1H2,(H,12,13)/t;2-,3-,4+,5-/m.1/s1. The highest BCUT2D eigenvalue weighted by molar-refractivity contribution is 7.99. The lowest BCUT2D eigenvalue weighted by Gasteiger charge is -2.36. The largest absolute Gasteiger partial charge is 0.479 e. The number of hydrogen-bond acceptors (Lipinski definition) is 11. The molecule has 0 amide bonds. The number of aliphatic carboxylic acids is 1. The summed E-state index contributed by atoms with van der Waals surface area (Å²) >= 11 is 1.54. The number of aromatic carboxylic acids is 1. The molecule has 2 aliphatic rings. The molecule has 0 aliphatic carbocycles. The number of hydrogen-bond donors (Lipinski definition) is 7. The summed E-state index contributed by atoms with van der Waals surface area (Å²) in [6, 6.07) is 1.21. The molecular weight excluding hydrogens is 529 g/mol. The van der Waals surface area contributed by atoms with Crippen LogP contribution >= 0.6 is 11.8 Å². The second kappa shape index (κ2) is 12.4. The third kappa shape index (κ3) is 6.09. The van der Waals surface area contributed by atoms with Crippen molar-refractivity contribution in [2.75, 3.05) is 50.5 Å². The molecule has 13 nitrogen and oxygen atoms in total. The number of thioether (sulfide) groups is 1. The number of benzene rings is 1. The number of aromatic nitrogens is 1. The summed E-state index contributed by atoms with van der Waals surface area (Å²) in [4.78, 5) is 38.9. The van der Waals surface area contributed by atoms with Crippen molar-refractivity contribution >= 4 is 40.3 Å². The topological polar surface area (TPSA) is 204 Å². The fourth-order valence-electron chi connectivity index (χ4n) is 4.19. The van der Waals surface area contributed by atoms with Gasteiger partial charge in [-0.3, -0.25) is 4.79 Å². The summed E-state index contributed by atoms with van der Waals surface area (Å²) in [5.41, 5.74) is 0.270. The average Bonchev–Trinajstić information content (AvgIpc) is 2.89. The Morgan fingerprint density at radius 3 is 2.24 bits per heavy atom. The lowest BCUT2D eigenvalue weighted by atomic mass is 10.0. The Labute approximate surface area is 219 Å². The molecule has 15 heteroatoms. The zero-order valence-corrected chi connectivity index (χ0v) is 21.2. The molecular formula is C23H30FN3O10S. The number of likely N-dealkylation sites (N-methyl/N-ethyl adjacent to an activating group) is 1. The molecule has 1 fully saturated rings. The van der Waals surface area contributed by atoms with Gasteiger partial charge < -0.3 is 50.1 Å². The van der Waals surface area contributed by atoms with Crippen molar-refractivity contribution in [1.82, 2.24) is 9.47 Å². The van der Waals surface area contributed by atoms with E-state index in [-0.39, 0.29) is 10.9 Å². The van der Waals surface area contributed by atoms with Gasteiger partial charge in [0.2, 0.25) is 5.43 Å². The number of carboxylic acid groups (broad SMARTS) is 2. The molecule has 210 valence electrons. The van der Waals surface area contributed by atoms with E-state index in [1.54, 1.807) is 4.57 Å². The molecule has 1 saturated heterocycles. The van der Waals surface area contributed by atoms with Crippen molar-refractivity contribution in [2.45, 2.75) is 35.9 Å². The van der Waals surface area contributed by atoms with Crippen molar-refractivity contribution in [1.29, 1.82) is 0 Å². The van der Waals surface area contributed by atoms with E-state index in [0.717, 1.165) is 31.1 Å². The van der Waals surface area contributed by atoms with Crippen LogP contribution in [0.5, 0.6) is 0 Å². The molecule has 0 radical (unpaired) electrons. The van der Waals surface area contributed by atoms with Crippen molar-refractivity contribution in [3.8, 4) is 0 Å². The summed E-state index contributed by atoms with van der Waals surface area (Å²) in [7, 11) is 2.04. The molecule has 4 rings (SSSR count). The van der Waals surface area contributed by atoms with Crippen molar-refractivity contribution < 1.29 is 49.7 Å². The van der Waals surface area contributed by atoms with E-state index >= 15 is 0 Å². The van der Waals surface area contributed by atoms with Gasteiger partial charge in [0.25, 0.3) is 0 Å². The molecule has 0 bridgehead atoms. The Balaban J connectivity index is 0.000000263. The molecule has 2 aliphatic heterocycles. The minimum Gasteiger partial charge on any atom is -0.479 e. The number of nitrogens with zero attached hydrogens (tertiary/aromatic N) is 3. The fourth-order valence-corrected chi connectivity index (χ4v) is 5.41. The van der Waals surface area contributed by atoms with E-state index in [2.05, 4.69) is 4.90 Å². The average molecular weight is 560 g/mol. The SMILES string of the molecule is CN1CCN(c2c(F)cc3c(=O)c(C(=O)O)cn4c3c2SCC4)CC1.O=C(O)[C@H](O)[C@@H](O)[C@H](O)[C@H](O)CO. The van der Waals surface area contributed by atoms with Gasteiger partial charge >= 0.3 is 11.9 Å². The number of rotatable bonds is 7. The van der Waals surface area contributed by atoms with Gasteiger partial charge in [-0.25, -0.2) is 14.0 Å². The van der Waals surface area contributed by atoms with Gasteiger partial charge in [-0.1, -0.05) is 0 Å². The van der Waals surface area contributed by atoms with Crippen LogP contribution < -0.4 is 10.3 Å². The van der Waals surface area contributed by atoms with Crippen LogP contribution in [-0.4, -0.2) is 127 Å². The second-order valence-electron chi connectivity index (χ2n) is 8.96. The van der Waals surface area contributed by atoms with Gasteiger partial charge in [0.05, 0.1) is 28.1 Å². The van der Waals surface area contributed by atoms with Crippen molar-refractivity contribution in [3.05, 3.63) is 33.9 Å². The zero-order chi connectivity index (χ0) is 28.3. The molecule has 0 saturated carbocycles. The number of carbonyl (C=O) groups is 2. The molecule has 7 N–H and O–H groups in total. The maximum atomic E-state index is 15.0. The summed E-state index contributed by atoms with van der Waals surface area (Å²) in [6.45, 7) is 2.92. The van der Waals surface area contributed by atoms with Crippen LogP contribution in [-0.2, 0) is 11.3 Å². The lowest BCUT2D eigenvalue weighted by molar-refractivity contribution is -0.164. The highest BCUT2D eigenvalue weighted by Crippen LogP contribution is 2.41. The van der Waals surface area contributed by atoms with E-state index in [4.69, 9.17) is 30.6 Å². The smallest absolute Gasteiger partial charge is 0.341 e. The van der Waals surface area contributed by atoms with Crippen LogP contribution in [0.4, 0.5) is 10.1 Å². The van der Waals surface area contributed by atoms with Gasteiger partial charge in [0.15, 0.2) is 6.10 Å². The van der Waals surface area contributed by atoms with E-state index in [9.17, 15) is 23.9 Å². The molecule has 1 aromatic carbocycles. The third-order valence-electron chi connectivity index (χ3n) is 6.38. The van der Waals surface area contributed by atoms with Crippen LogP contribution in [0.1, 0.15) is 10.4 Å². The Hall–Kier alpha value is -2.79. The number of pyridine rings is 1. The predicted octanol–water partition coefficient (Wildman–Crippen LogP) is -1.80. The van der Waals surface area contributed by atoms with E-state index in [1.165, 1.54) is 24.0 Å². The van der Waals surface area contributed by atoms with Gasteiger partial charge in [-0.15, -0.1) is 11.8 Å². The Bertz CT molecular complexity index is 1250. The second-order valence-corrected chi connectivity index (χ2v) is 10.1. The van der Waals surface area contributed by atoms with Crippen molar-refractivity contribution in [2.24, 2.45) is 0 Å². The van der Waals surface area contributed by atoms with Crippen molar-refractivity contribution in [3.63, 3.8) is 0 Å². The number of aliphatic hydroxyl groups is 5. The summed E-state index contributed by atoms with van der Waals surface area (Å²) < 4.78 is 16.7. The Morgan fingerprint density at radius 2 is 1.68 bits per heavy atom. The number of aliphatic hydroxyl groups excluding tert-OH is 5. The Kier molecular flexibility index (Phi) is 9.69. The zero-order valence-electron chi connectivity index (χ0n) is 20.4. The minimum absolute atomic E-state index is 0.150. The van der Waals surface area contributed by atoms with Gasteiger partial charge in [-0.05, 0) is 13.1 Å². The van der Waals surface area contributed by atoms with Gasteiger partial charge in [0.1, 0.15) is 29.7 Å². The predicted molar refractivity (Wildman–Crippen MR) is 134 cm³/mol. The van der Waals surface area contributed by atoms with E-state index in [1.807, 2.05) is 11.9 Å². The molecule has 0 spiro atoms. The van der Waals surface area contributed by atoms with Crippen LogP contribution in [0.2, 0.25) is 0 Å². The first-order chi connectivity index (χ1) is 17.9.